The maximum absolute atomic E-state index is 7.92. The zero-order valence-corrected chi connectivity index (χ0v) is 8.20. The van der Waals surface area contributed by atoms with Crippen molar-refractivity contribution in [3.8, 4) is 0 Å². The van der Waals surface area contributed by atoms with E-state index >= 15 is 0 Å². The molecule has 0 aromatic carbocycles. The van der Waals surface area contributed by atoms with Crippen LogP contribution in [0.15, 0.2) is 10.3 Å². The molecule has 0 amide bonds. The topological polar surface area (TPSA) is 65.2 Å². The van der Waals surface area contributed by atoms with E-state index in [1.165, 1.54) is 0 Å². The highest BCUT2D eigenvalue weighted by Crippen LogP contribution is 1.78. The lowest BCUT2D eigenvalue weighted by Gasteiger charge is -1.81. The van der Waals surface area contributed by atoms with Crippen molar-refractivity contribution in [3.05, 3.63) is 0 Å². The fourth-order valence-electron chi connectivity index (χ4n) is 0.141. The minimum atomic E-state index is 0.773. The molecule has 0 unspecified atom stereocenters. The maximum Gasteiger partial charge on any atom is 0.0537 e. The molecule has 72 valence electrons. The molecule has 0 aliphatic heterocycles. The lowest BCUT2D eigenvalue weighted by molar-refractivity contribution is 0.317. The summed E-state index contributed by atoms with van der Waals surface area (Å²) in [6.07, 6.45) is 1.66. The van der Waals surface area contributed by atoms with Gasteiger partial charge in [-0.2, -0.15) is 0 Å². The summed E-state index contributed by atoms with van der Waals surface area (Å²) in [5, 5.41) is 21.7. The Hall–Kier alpha value is -1.06. The molecule has 0 aromatic heterocycles. The van der Waals surface area contributed by atoms with E-state index in [2.05, 4.69) is 10.3 Å². The summed E-state index contributed by atoms with van der Waals surface area (Å²) >= 11 is 0. The number of oxime groups is 2. The van der Waals surface area contributed by atoms with Gasteiger partial charge in [0.05, 0.1) is 11.4 Å². The molecule has 0 fully saturated rings. The average Bonchev–Trinajstić information content (AvgIpc) is 2.16. The predicted molar refractivity (Wildman–Crippen MR) is 50.4 cm³/mol. The molecule has 0 heterocycles. The lowest BCUT2D eigenvalue weighted by atomic mass is 10.3. The van der Waals surface area contributed by atoms with E-state index in [1.807, 2.05) is 13.8 Å². The zero-order valence-electron chi connectivity index (χ0n) is 8.20. The van der Waals surface area contributed by atoms with Crippen molar-refractivity contribution in [2.45, 2.75) is 40.5 Å². The first-order valence-electron chi connectivity index (χ1n) is 3.97. The number of rotatable bonds is 2. The molecule has 0 spiro atoms. The molecule has 0 radical (unpaired) electrons. The maximum atomic E-state index is 7.92. The van der Waals surface area contributed by atoms with Crippen molar-refractivity contribution in [1.29, 1.82) is 0 Å². The largest absolute Gasteiger partial charge is 0.411 e. The second-order valence-electron chi connectivity index (χ2n) is 2.38. The van der Waals surface area contributed by atoms with Crippen LogP contribution in [0.25, 0.3) is 0 Å². The van der Waals surface area contributed by atoms with Crippen LogP contribution < -0.4 is 0 Å². The van der Waals surface area contributed by atoms with E-state index in [-0.39, 0.29) is 0 Å². The second kappa shape index (κ2) is 9.94. The molecule has 0 rings (SSSR count). The molecular weight excluding hydrogens is 156 g/mol. The summed E-state index contributed by atoms with van der Waals surface area (Å²) in [6, 6.07) is 0. The van der Waals surface area contributed by atoms with Crippen molar-refractivity contribution in [1.82, 2.24) is 0 Å². The summed E-state index contributed by atoms with van der Waals surface area (Å²) in [5.74, 6) is 0. The van der Waals surface area contributed by atoms with Crippen molar-refractivity contribution >= 4 is 11.4 Å². The standard InChI is InChI=1S/2C4H9NO/c2*1-3-4(2)5-6/h2*6H,3H2,1-2H3. The Morgan fingerprint density at radius 3 is 1.17 bits per heavy atom. The summed E-state index contributed by atoms with van der Waals surface area (Å²) in [4.78, 5) is 0. The highest BCUT2D eigenvalue weighted by atomic mass is 16.4. The highest BCUT2D eigenvalue weighted by molar-refractivity contribution is 5.81. The van der Waals surface area contributed by atoms with Gasteiger partial charge < -0.3 is 10.4 Å². The van der Waals surface area contributed by atoms with Crippen LogP contribution in [0.1, 0.15) is 40.5 Å². The number of hydrogen-bond donors (Lipinski definition) is 2. The average molecular weight is 174 g/mol. The van der Waals surface area contributed by atoms with E-state index in [9.17, 15) is 0 Å². The van der Waals surface area contributed by atoms with Gasteiger partial charge in [-0.1, -0.05) is 24.2 Å². The van der Waals surface area contributed by atoms with Crippen LogP contribution in [0.2, 0.25) is 0 Å². The first kappa shape index (κ1) is 13.5. The van der Waals surface area contributed by atoms with E-state index in [1.54, 1.807) is 13.8 Å². The van der Waals surface area contributed by atoms with E-state index in [0.717, 1.165) is 24.3 Å². The Morgan fingerprint density at radius 1 is 0.917 bits per heavy atom. The van der Waals surface area contributed by atoms with E-state index < -0.39 is 0 Å². The highest BCUT2D eigenvalue weighted by Gasteiger charge is 1.78. The molecule has 4 nitrogen and oxygen atoms in total. The summed E-state index contributed by atoms with van der Waals surface area (Å²) < 4.78 is 0. The fraction of sp³-hybridized carbons (Fsp3) is 0.750. The number of hydrogen-bond acceptors (Lipinski definition) is 4. The van der Waals surface area contributed by atoms with Crippen LogP contribution in [0, 0.1) is 0 Å². The molecule has 12 heavy (non-hydrogen) atoms. The molecule has 0 aliphatic rings. The van der Waals surface area contributed by atoms with Crippen LogP contribution in [0.4, 0.5) is 0 Å². The quantitative estimate of drug-likeness (QED) is 0.383. The fourth-order valence-corrected chi connectivity index (χ4v) is 0.141. The van der Waals surface area contributed by atoms with Crippen molar-refractivity contribution in [3.63, 3.8) is 0 Å². The van der Waals surface area contributed by atoms with Crippen LogP contribution in [-0.4, -0.2) is 21.8 Å². The third-order valence-electron chi connectivity index (χ3n) is 1.36. The molecule has 2 N–H and O–H groups in total. The molecule has 0 saturated heterocycles. The molecule has 4 heteroatoms. The van der Waals surface area contributed by atoms with Gasteiger partial charge in [0.25, 0.3) is 0 Å². The summed E-state index contributed by atoms with van der Waals surface area (Å²) in [7, 11) is 0. The van der Waals surface area contributed by atoms with Crippen molar-refractivity contribution in [2.75, 3.05) is 0 Å². The first-order valence-corrected chi connectivity index (χ1v) is 3.97. The minimum Gasteiger partial charge on any atom is -0.411 e. The zero-order chi connectivity index (χ0) is 9.98. The summed E-state index contributed by atoms with van der Waals surface area (Å²) in [6.45, 7) is 7.43. The Balaban J connectivity index is 0. The van der Waals surface area contributed by atoms with Gasteiger partial charge in [-0.25, -0.2) is 0 Å². The van der Waals surface area contributed by atoms with Gasteiger partial charge in [0.1, 0.15) is 0 Å². The van der Waals surface area contributed by atoms with Crippen molar-refractivity contribution < 1.29 is 10.4 Å². The van der Waals surface area contributed by atoms with Crippen LogP contribution in [-0.2, 0) is 0 Å². The van der Waals surface area contributed by atoms with Gasteiger partial charge in [0.2, 0.25) is 0 Å². The normalized spacial score (nSPS) is 12.0. The molecular formula is C8H18N2O2. The second-order valence-corrected chi connectivity index (χ2v) is 2.38. The third-order valence-corrected chi connectivity index (χ3v) is 1.36. The Kier molecular flexibility index (Phi) is 11.2. The van der Waals surface area contributed by atoms with Gasteiger partial charge in [-0.3, -0.25) is 0 Å². The van der Waals surface area contributed by atoms with Crippen LogP contribution in [0.5, 0.6) is 0 Å². The molecule has 0 saturated carbocycles. The SMILES string of the molecule is CCC(C)=NO.CCC(C)=NO. The monoisotopic (exact) mass is 174 g/mol. The molecule has 0 aromatic rings. The molecule has 0 atom stereocenters. The molecule has 0 aliphatic carbocycles. The third kappa shape index (κ3) is 11.7. The Morgan fingerprint density at radius 2 is 1.17 bits per heavy atom. The van der Waals surface area contributed by atoms with Crippen LogP contribution in [0.3, 0.4) is 0 Å². The van der Waals surface area contributed by atoms with Gasteiger partial charge in [0.15, 0.2) is 0 Å². The van der Waals surface area contributed by atoms with Gasteiger partial charge in [-0.15, -0.1) is 0 Å². The summed E-state index contributed by atoms with van der Waals surface area (Å²) in [5.41, 5.74) is 1.55. The number of nitrogens with zero attached hydrogens (tertiary/aromatic N) is 2. The lowest BCUT2D eigenvalue weighted by Crippen LogP contribution is -1.83. The van der Waals surface area contributed by atoms with Crippen molar-refractivity contribution in [2.24, 2.45) is 10.3 Å². The first-order chi connectivity index (χ1) is 5.62. The van der Waals surface area contributed by atoms with Crippen LogP contribution >= 0.6 is 0 Å². The predicted octanol–water partition coefficient (Wildman–Crippen LogP) is 2.49. The van der Waals surface area contributed by atoms with E-state index in [4.69, 9.17) is 10.4 Å². The minimum absolute atomic E-state index is 0.773. The Labute approximate surface area is 73.6 Å². The Bertz CT molecular complexity index is 135. The van der Waals surface area contributed by atoms with E-state index in [0.29, 0.717) is 0 Å². The molecule has 0 bridgehead atoms. The van der Waals surface area contributed by atoms with Gasteiger partial charge in [-0.05, 0) is 26.7 Å². The van der Waals surface area contributed by atoms with Gasteiger partial charge >= 0.3 is 0 Å². The van der Waals surface area contributed by atoms with Gasteiger partial charge in [0, 0.05) is 0 Å². The smallest absolute Gasteiger partial charge is 0.0537 e.